The van der Waals surface area contributed by atoms with E-state index in [0.717, 1.165) is 15.5 Å². The van der Waals surface area contributed by atoms with E-state index in [2.05, 4.69) is 15.9 Å². The predicted molar refractivity (Wildman–Crippen MR) is 59.1 cm³/mol. The molecule has 3 nitrogen and oxygen atoms in total. The summed E-state index contributed by atoms with van der Waals surface area (Å²) in [5.41, 5.74) is 6.85. The second-order valence-electron chi connectivity index (χ2n) is 3.11. The summed E-state index contributed by atoms with van der Waals surface area (Å²) in [4.78, 5) is 11.2. The first-order valence-corrected chi connectivity index (χ1v) is 4.95. The molecule has 1 aromatic carbocycles. The van der Waals surface area contributed by atoms with Gasteiger partial charge in [0, 0.05) is 18.0 Å². The fourth-order valence-electron chi connectivity index (χ4n) is 1.60. The van der Waals surface area contributed by atoms with Crippen LogP contribution in [0.5, 0.6) is 0 Å². The number of nitrogens with two attached hydrogens (primary N) is 1. The Kier molecular flexibility index (Phi) is 2.07. The van der Waals surface area contributed by atoms with Crippen molar-refractivity contribution in [2.45, 2.75) is 0 Å². The van der Waals surface area contributed by atoms with Crippen LogP contribution in [0.3, 0.4) is 0 Å². The van der Waals surface area contributed by atoms with Crippen molar-refractivity contribution in [2.75, 3.05) is 0 Å². The minimum Gasteiger partial charge on any atom is -0.365 e. The number of aryl methyl sites for hydroxylation is 1. The number of aromatic nitrogens is 1. The second-order valence-corrected chi connectivity index (χ2v) is 3.86. The third-order valence-corrected chi connectivity index (χ3v) is 3.21. The van der Waals surface area contributed by atoms with Gasteiger partial charge in [0.2, 0.25) is 0 Å². The Morgan fingerprint density at radius 3 is 2.71 bits per heavy atom. The van der Waals surface area contributed by atoms with Gasteiger partial charge in [0.05, 0.1) is 10.2 Å². The molecule has 0 saturated carbocycles. The van der Waals surface area contributed by atoms with Crippen LogP contribution >= 0.6 is 15.9 Å². The molecule has 72 valence electrons. The van der Waals surface area contributed by atoms with Gasteiger partial charge in [-0.05, 0) is 22.0 Å². The molecule has 2 aromatic rings. The molecule has 0 aliphatic carbocycles. The zero-order chi connectivity index (χ0) is 10.3. The number of amides is 1. The molecule has 1 aromatic heterocycles. The van der Waals surface area contributed by atoms with Crippen molar-refractivity contribution in [3.8, 4) is 0 Å². The smallest absolute Gasteiger partial charge is 0.252 e. The summed E-state index contributed by atoms with van der Waals surface area (Å²) < 4.78 is 2.63. The zero-order valence-electron chi connectivity index (χ0n) is 7.62. The number of primary amides is 1. The molecule has 4 heteroatoms. The lowest BCUT2D eigenvalue weighted by molar-refractivity contribution is 0.100. The van der Waals surface area contributed by atoms with Crippen molar-refractivity contribution in [3.63, 3.8) is 0 Å². The third-order valence-electron chi connectivity index (χ3n) is 2.28. The molecule has 0 saturated heterocycles. The topological polar surface area (TPSA) is 48.0 Å². The highest BCUT2D eigenvalue weighted by atomic mass is 79.9. The van der Waals surface area contributed by atoms with Gasteiger partial charge >= 0.3 is 0 Å². The van der Waals surface area contributed by atoms with Gasteiger partial charge in [-0.3, -0.25) is 4.79 Å². The quantitative estimate of drug-likeness (QED) is 0.830. The number of carbonyl (C=O) groups excluding carboxylic acids is 1. The first-order chi connectivity index (χ1) is 6.63. The molecule has 2 rings (SSSR count). The SMILES string of the molecule is Cn1c(Br)c(C(N)=O)c2ccccc21. The van der Waals surface area contributed by atoms with E-state index in [1.807, 2.05) is 35.9 Å². The number of fused-ring (bicyclic) bond motifs is 1. The molecule has 1 heterocycles. The number of hydrogen-bond acceptors (Lipinski definition) is 1. The van der Waals surface area contributed by atoms with E-state index < -0.39 is 5.91 Å². The first-order valence-electron chi connectivity index (χ1n) is 4.15. The highest BCUT2D eigenvalue weighted by molar-refractivity contribution is 9.10. The van der Waals surface area contributed by atoms with E-state index in [9.17, 15) is 4.79 Å². The van der Waals surface area contributed by atoms with Gasteiger partial charge in [-0.15, -0.1) is 0 Å². The van der Waals surface area contributed by atoms with Gasteiger partial charge in [-0.1, -0.05) is 18.2 Å². The maximum Gasteiger partial charge on any atom is 0.252 e. The van der Waals surface area contributed by atoms with E-state index in [4.69, 9.17) is 5.73 Å². The minimum absolute atomic E-state index is 0.409. The lowest BCUT2D eigenvalue weighted by Gasteiger charge is -1.95. The Hall–Kier alpha value is -1.29. The number of rotatable bonds is 1. The van der Waals surface area contributed by atoms with Crippen LogP contribution in [0.1, 0.15) is 10.4 Å². The van der Waals surface area contributed by atoms with Crippen LogP contribution in [-0.2, 0) is 7.05 Å². The monoisotopic (exact) mass is 252 g/mol. The van der Waals surface area contributed by atoms with E-state index in [1.165, 1.54) is 0 Å². The molecule has 14 heavy (non-hydrogen) atoms. The Morgan fingerprint density at radius 2 is 2.07 bits per heavy atom. The molecule has 0 aliphatic heterocycles. The molecule has 0 atom stereocenters. The standard InChI is InChI=1S/C10H9BrN2O/c1-13-7-5-3-2-4-6(7)8(9(13)11)10(12)14/h2-5H,1H3,(H2,12,14). The second kappa shape index (κ2) is 3.13. The van der Waals surface area contributed by atoms with Gasteiger partial charge in [-0.2, -0.15) is 0 Å². The van der Waals surface area contributed by atoms with Gasteiger partial charge in [0.25, 0.3) is 5.91 Å². The van der Waals surface area contributed by atoms with Gasteiger partial charge in [0.15, 0.2) is 0 Å². The van der Waals surface area contributed by atoms with Crippen molar-refractivity contribution in [2.24, 2.45) is 12.8 Å². The van der Waals surface area contributed by atoms with Crippen molar-refractivity contribution >= 4 is 32.7 Å². The highest BCUT2D eigenvalue weighted by Crippen LogP contribution is 2.28. The van der Waals surface area contributed by atoms with Crippen LogP contribution in [0.15, 0.2) is 28.9 Å². The summed E-state index contributed by atoms with van der Waals surface area (Å²) in [5, 5.41) is 0.884. The summed E-state index contributed by atoms with van der Waals surface area (Å²) in [6.45, 7) is 0. The predicted octanol–water partition coefficient (Wildman–Crippen LogP) is 2.04. The van der Waals surface area contributed by atoms with E-state index >= 15 is 0 Å². The van der Waals surface area contributed by atoms with Crippen LogP contribution in [0, 0.1) is 0 Å². The number of para-hydroxylation sites is 1. The van der Waals surface area contributed by atoms with Crippen LogP contribution < -0.4 is 5.73 Å². The van der Waals surface area contributed by atoms with E-state index in [1.54, 1.807) is 0 Å². The summed E-state index contributed by atoms with van der Waals surface area (Å²) in [6.07, 6.45) is 0. The Bertz CT molecular complexity index is 516. The lowest BCUT2D eigenvalue weighted by Crippen LogP contribution is -2.11. The summed E-state index contributed by atoms with van der Waals surface area (Å²) in [6, 6.07) is 7.66. The highest BCUT2D eigenvalue weighted by Gasteiger charge is 2.16. The van der Waals surface area contributed by atoms with Crippen molar-refractivity contribution in [1.29, 1.82) is 0 Å². The van der Waals surface area contributed by atoms with Crippen molar-refractivity contribution in [3.05, 3.63) is 34.4 Å². The molecule has 0 aliphatic rings. The molecule has 0 radical (unpaired) electrons. The first kappa shape index (κ1) is 9.27. The molecular formula is C10H9BrN2O. The average molecular weight is 253 g/mol. The normalized spacial score (nSPS) is 10.7. The average Bonchev–Trinajstić information content (AvgIpc) is 2.41. The zero-order valence-corrected chi connectivity index (χ0v) is 9.21. The maximum absolute atomic E-state index is 11.2. The fourth-order valence-corrected chi connectivity index (χ4v) is 2.20. The number of benzene rings is 1. The van der Waals surface area contributed by atoms with E-state index in [-0.39, 0.29) is 0 Å². The Balaban J connectivity index is 2.95. The molecule has 0 spiro atoms. The Labute approximate surface area is 89.6 Å². The molecule has 1 amide bonds. The molecule has 2 N–H and O–H groups in total. The molecule has 0 bridgehead atoms. The number of hydrogen-bond donors (Lipinski definition) is 1. The summed E-state index contributed by atoms with van der Waals surface area (Å²) >= 11 is 3.36. The van der Waals surface area contributed by atoms with E-state index in [0.29, 0.717) is 5.56 Å². The number of carbonyl (C=O) groups is 1. The fraction of sp³-hybridized carbons (Fsp3) is 0.100. The van der Waals surface area contributed by atoms with Crippen molar-refractivity contribution in [1.82, 2.24) is 4.57 Å². The van der Waals surface area contributed by atoms with Crippen LogP contribution in [0.25, 0.3) is 10.9 Å². The molecule has 0 fully saturated rings. The summed E-state index contributed by atoms with van der Waals surface area (Å²) in [5.74, 6) is -0.409. The largest absolute Gasteiger partial charge is 0.365 e. The van der Waals surface area contributed by atoms with Gasteiger partial charge in [-0.25, -0.2) is 0 Å². The number of halogens is 1. The maximum atomic E-state index is 11.2. The number of nitrogens with zero attached hydrogens (tertiary/aromatic N) is 1. The third kappa shape index (κ3) is 1.14. The molecular weight excluding hydrogens is 244 g/mol. The van der Waals surface area contributed by atoms with Gasteiger partial charge in [0.1, 0.15) is 0 Å². The van der Waals surface area contributed by atoms with Crippen LogP contribution in [-0.4, -0.2) is 10.5 Å². The van der Waals surface area contributed by atoms with Crippen LogP contribution in [0.2, 0.25) is 0 Å². The lowest BCUT2D eigenvalue weighted by atomic mass is 10.2. The minimum atomic E-state index is -0.409. The van der Waals surface area contributed by atoms with Gasteiger partial charge < -0.3 is 10.3 Å². The molecule has 0 unspecified atom stereocenters. The summed E-state index contributed by atoms with van der Waals surface area (Å²) in [7, 11) is 1.89. The van der Waals surface area contributed by atoms with Crippen LogP contribution in [0.4, 0.5) is 0 Å². The van der Waals surface area contributed by atoms with Crippen molar-refractivity contribution < 1.29 is 4.79 Å². The Morgan fingerprint density at radius 1 is 1.43 bits per heavy atom.